The van der Waals surface area contributed by atoms with Crippen molar-refractivity contribution in [1.29, 1.82) is 0 Å². The van der Waals surface area contributed by atoms with Gasteiger partial charge in [0.05, 0.1) is 8.95 Å². The first-order valence-electron chi connectivity index (χ1n) is 3.36. The first-order valence-corrected chi connectivity index (χ1v) is 5.74. The molecule has 0 aromatic heterocycles. The number of halogens is 3. The molecule has 0 radical (unpaired) electrons. The predicted octanol–water partition coefficient (Wildman–Crippen LogP) is 3.55. The van der Waals surface area contributed by atoms with Gasteiger partial charge in [0, 0.05) is 4.47 Å². The Morgan fingerprint density at radius 3 is 2.23 bits per heavy atom. The standard InChI is InChI=1S/C8H5Br3O2/c9-5-3-6(10)8(7(11)4-5)13-2-1-12/h1,3-4H,2H2. The Balaban J connectivity index is 2.98. The van der Waals surface area contributed by atoms with Crippen molar-refractivity contribution in [3.8, 4) is 5.75 Å². The van der Waals surface area contributed by atoms with E-state index >= 15 is 0 Å². The van der Waals surface area contributed by atoms with E-state index in [4.69, 9.17) is 4.74 Å². The highest BCUT2D eigenvalue weighted by Crippen LogP contribution is 2.36. The fourth-order valence-corrected chi connectivity index (χ4v) is 3.27. The van der Waals surface area contributed by atoms with E-state index in [1.165, 1.54) is 0 Å². The van der Waals surface area contributed by atoms with Crippen molar-refractivity contribution < 1.29 is 9.53 Å². The SMILES string of the molecule is O=CCOc1c(Br)cc(Br)cc1Br. The van der Waals surface area contributed by atoms with E-state index in [9.17, 15) is 4.79 Å². The van der Waals surface area contributed by atoms with Crippen LogP contribution in [0.25, 0.3) is 0 Å². The summed E-state index contributed by atoms with van der Waals surface area (Å²) in [5.74, 6) is 0.635. The molecule has 0 aliphatic rings. The molecule has 0 amide bonds. The molecule has 0 atom stereocenters. The van der Waals surface area contributed by atoms with Crippen molar-refractivity contribution in [1.82, 2.24) is 0 Å². The third kappa shape index (κ3) is 3.07. The Morgan fingerprint density at radius 2 is 1.77 bits per heavy atom. The van der Waals surface area contributed by atoms with Crippen LogP contribution in [0.15, 0.2) is 25.6 Å². The molecule has 0 aliphatic carbocycles. The molecule has 0 saturated carbocycles. The third-order valence-corrected chi connectivity index (χ3v) is 2.89. The van der Waals surface area contributed by atoms with Crippen LogP contribution in [0, 0.1) is 0 Å². The molecule has 0 saturated heterocycles. The second kappa shape index (κ2) is 5.12. The Morgan fingerprint density at radius 1 is 1.23 bits per heavy atom. The summed E-state index contributed by atoms with van der Waals surface area (Å²) < 4.78 is 7.73. The second-order valence-electron chi connectivity index (χ2n) is 2.18. The average Bonchev–Trinajstić information content (AvgIpc) is 2.02. The van der Waals surface area contributed by atoms with E-state index in [1.54, 1.807) is 0 Å². The average molecular weight is 373 g/mol. The molecule has 0 bridgehead atoms. The summed E-state index contributed by atoms with van der Waals surface area (Å²) in [5, 5.41) is 0. The number of carbonyl (C=O) groups excluding carboxylic acids is 1. The Kier molecular flexibility index (Phi) is 4.41. The van der Waals surface area contributed by atoms with Crippen molar-refractivity contribution in [2.75, 3.05) is 6.61 Å². The number of ether oxygens (including phenoxy) is 1. The molecule has 70 valence electrons. The normalized spacial score (nSPS) is 9.77. The molecule has 0 spiro atoms. The van der Waals surface area contributed by atoms with Gasteiger partial charge in [-0.2, -0.15) is 0 Å². The molecule has 1 aromatic rings. The van der Waals surface area contributed by atoms with Gasteiger partial charge in [0.15, 0.2) is 6.29 Å². The van der Waals surface area contributed by atoms with E-state index in [0.717, 1.165) is 13.4 Å². The lowest BCUT2D eigenvalue weighted by Crippen LogP contribution is -1.99. The lowest BCUT2D eigenvalue weighted by atomic mass is 10.3. The number of benzene rings is 1. The van der Waals surface area contributed by atoms with Gasteiger partial charge >= 0.3 is 0 Å². The van der Waals surface area contributed by atoms with Crippen LogP contribution in [-0.4, -0.2) is 12.9 Å². The van der Waals surface area contributed by atoms with Crippen molar-refractivity contribution in [2.24, 2.45) is 0 Å². The van der Waals surface area contributed by atoms with Gasteiger partial charge in [-0.05, 0) is 44.0 Å². The predicted molar refractivity (Wildman–Crippen MR) is 61.1 cm³/mol. The van der Waals surface area contributed by atoms with Crippen LogP contribution in [-0.2, 0) is 4.79 Å². The molecule has 2 nitrogen and oxygen atoms in total. The summed E-state index contributed by atoms with van der Waals surface area (Å²) >= 11 is 9.98. The minimum Gasteiger partial charge on any atom is -0.484 e. The number of carbonyl (C=O) groups is 1. The molecular weight excluding hydrogens is 368 g/mol. The van der Waals surface area contributed by atoms with Gasteiger partial charge in [-0.15, -0.1) is 0 Å². The van der Waals surface area contributed by atoms with E-state index in [2.05, 4.69) is 47.8 Å². The molecule has 1 aromatic carbocycles. The third-order valence-electron chi connectivity index (χ3n) is 1.26. The van der Waals surface area contributed by atoms with Crippen LogP contribution in [0.1, 0.15) is 0 Å². The van der Waals surface area contributed by atoms with E-state index < -0.39 is 0 Å². The zero-order chi connectivity index (χ0) is 9.84. The van der Waals surface area contributed by atoms with Gasteiger partial charge in [0.25, 0.3) is 0 Å². The van der Waals surface area contributed by atoms with Gasteiger partial charge < -0.3 is 4.74 Å². The minimum atomic E-state index is 0.0544. The van der Waals surface area contributed by atoms with Gasteiger partial charge in [0.2, 0.25) is 0 Å². The maximum Gasteiger partial charge on any atom is 0.157 e. The summed E-state index contributed by atoms with van der Waals surface area (Å²) in [5.41, 5.74) is 0. The topological polar surface area (TPSA) is 26.3 Å². The minimum absolute atomic E-state index is 0.0544. The van der Waals surface area contributed by atoms with Crippen LogP contribution >= 0.6 is 47.8 Å². The number of aldehydes is 1. The smallest absolute Gasteiger partial charge is 0.157 e. The van der Waals surface area contributed by atoms with Gasteiger partial charge in [0.1, 0.15) is 12.4 Å². The highest BCUT2D eigenvalue weighted by atomic mass is 79.9. The molecule has 13 heavy (non-hydrogen) atoms. The summed E-state index contributed by atoms with van der Waals surface area (Å²) in [7, 11) is 0. The van der Waals surface area contributed by atoms with Crippen molar-refractivity contribution in [3.63, 3.8) is 0 Å². The lowest BCUT2D eigenvalue weighted by Gasteiger charge is -2.07. The maximum absolute atomic E-state index is 10.1. The quantitative estimate of drug-likeness (QED) is 0.758. The first-order chi connectivity index (χ1) is 6.15. The van der Waals surface area contributed by atoms with Crippen molar-refractivity contribution in [3.05, 3.63) is 25.6 Å². The van der Waals surface area contributed by atoms with E-state index in [1.807, 2.05) is 12.1 Å². The van der Waals surface area contributed by atoms with E-state index in [0.29, 0.717) is 12.0 Å². The molecule has 5 heteroatoms. The molecule has 0 fully saturated rings. The van der Waals surface area contributed by atoms with Gasteiger partial charge in [-0.3, -0.25) is 4.79 Å². The fraction of sp³-hybridized carbons (Fsp3) is 0.125. The van der Waals surface area contributed by atoms with Gasteiger partial charge in [-0.1, -0.05) is 15.9 Å². The number of hydrogen-bond acceptors (Lipinski definition) is 2. The van der Waals surface area contributed by atoms with Crippen LogP contribution < -0.4 is 4.74 Å². The summed E-state index contributed by atoms with van der Waals surface area (Å²) in [4.78, 5) is 10.1. The molecule has 0 aliphatic heterocycles. The van der Waals surface area contributed by atoms with E-state index in [-0.39, 0.29) is 6.61 Å². The van der Waals surface area contributed by atoms with Crippen molar-refractivity contribution in [2.45, 2.75) is 0 Å². The maximum atomic E-state index is 10.1. The Bertz CT molecular complexity index is 302. The zero-order valence-corrected chi connectivity index (χ0v) is 11.1. The Labute approximate surface area is 101 Å². The molecule has 0 heterocycles. The fourth-order valence-electron chi connectivity index (χ4n) is 0.784. The lowest BCUT2D eigenvalue weighted by molar-refractivity contribution is -0.109. The summed E-state index contributed by atoms with van der Waals surface area (Å²) in [6, 6.07) is 3.70. The van der Waals surface area contributed by atoms with Gasteiger partial charge in [-0.25, -0.2) is 0 Å². The second-order valence-corrected chi connectivity index (χ2v) is 4.80. The molecule has 0 unspecified atom stereocenters. The van der Waals surface area contributed by atoms with Crippen molar-refractivity contribution >= 4 is 54.1 Å². The van der Waals surface area contributed by atoms with Crippen LogP contribution in [0.2, 0.25) is 0 Å². The highest BCUT2D eigenvalue weighted by Gasteiger charge is 2.07. The van der Waals surface area contributed by atoms with Crippen LogP contribution in [0.4, 0.5) is 0 Å². The summed E-state index contributed by atoms with van der Waals surface area (Å²) in [6.45, 7) is 0.0544. The molecule has 1 rings (SSSR count). The van der Waals surface area contributed by atoms with Crippen LogP contribution in [0.5, 0.6) is 5.75 Å². The summed E-state index contributed by atoms with van der Waals surface area (Å²) in [6.07, 6.45) is 0.709. The highest BCUT2D eigenvalue weighted by molar-refractivity contribution is 9.11. The largest absolute Gasteiger partial charge is 0.484 e. The molecule has 0 N–H and O–H groups in total. The number of hydrogen-bond donors (Lipinski definition) is 0. The first kappa shape index (κ1) is 11.2. The number of rotatable bonds is 3. The Hall–Kier alpha value is 0.130. The monoisotopic (exact) mass is 370 g/mol. The zero-order valence-electron chi connectivity index (χ0n) is 6.39. The van der Waals surface area contributed by atoms with Crippen LogP contribution in [0.3, 0.4) is 0 Å². The molecular formula is C8H5Br3O2.